The summed E-state index contributed by atoms with van der Waals surface area (Å²) in [5, 5.41) is 10.6. The van der Waals surface area contributed by atoms with Gasteiger partial charge in [-0.15, -0.1) is 0 Å². The molecule has 152 valence electrons. The third-order valence-electron chi connectivity index (χ3n) is 5.58. The number of nitrogens with zero attached hydrogens (tertiary/aromatic N) is 2. The SMILES string of the molecule is Cc1ccccc1Cn1cccc1CN(C[C@@H](O)COc1ccccc1)C1CC1. The maximum Gasteiger partial charge on any atom is 0.119 e. The number of aromatic nitrogens is 1. The maximum absolute atomic E-state index is 10.6. The number of rotatable bonds is 10. The first kappa shape index (κ1) is 19.7. The van der Waals surface area contributed by atoms with Crippen molar-refractivity contribution >= 4 is 0 Å². The third-order valence-corrected chi connectivity index (χ3v) is 5.58. The van der Waals surface area contributed by atoms with Gasteiger partial charge in [-0.3, -0.25) is 4.90 Å². The summed E-state index contributed by atoms with van der Waals surface area (Å²) in [6, 6.07) is 23.1. The molecule has 0 spiro atoms. The Balaban J connectivity index is 1.37. The van der Waals surface area contributed by atoms with E-state index in [1.165, 1.54) is 29.7 Å². The van der Waals surface area contributed by atoms with E-state index in [2.05, 4.69) is 59.0 Å². The molecule has 4 nitrogen and oxygen atoms in total. The molecule has 4 rings (SSSR count). The fraction of sp³-hybridized carbons (Fsp3) is 0.360. The fourth-order valence-corrected chi connectivity index (χ4v) is 3.74. The average molecular weight is 391 g/mol. The van der Waals surface area contributed by atoms with Crippen LogP contribution in [0.15, 0.2) is 72.9 Å². The molecule has 1 aliphatic carbocycles. The van der Waals surface area contributed by atoms with Crippen LogP contribution in [0, 0.1) is 6.92 Å². The number of aliphatic hydroxyl groups is 1. The van der Waals surface area contributed by atoms with Crippen molar-refractivity contribution in [3.8, 4) is 5.75 Å². The number of hydrogen-bond donors (Lipinski definition) is 1. The van der Waals surface area contributed by atoms with E-state index in [1.807, 2.05) is 30.3 Å². The van der Waals surface area contributed by atoms with Crippen LogP contribution in [0.3, 0.4) is 0 Å². The second-order valence-corrected chi connectivity index (χ2v) is 7.99. The lowest BCUT2D eigenvalue weighted by Crippen LogP contribution is -2.37. The molecule has 1 N–H and O–H groups in total. The minimum absolute atomic E-state index is 0.317. The molecule has 0 unspecified atom stereocenters. The molecular weight excluding hydrogens is 360 g/mol. The van der Waals surface area contributed by atoms with Crippen LogP contribution in [0.5, 0.6) is 5.75 Å². The summed E-state index contributed by atoms with van der Waals surface area (Å²) in [6.07, 6.45) is 4.08. The van der Waals surface area contributed by atoms with Crippen LogP contribution in [0.1, 0.15) is 29.7 Å². The van der Waals surface area contributed by atoms with Gasteiger partial charge in [0.15, 0.2) is 0 Å². The van der Waals surface area contributed by atoms with E-state index in [1.54, 1.807) is 0 Å². The summed E-state index contributed by atoms with van der Waals surface area (Å²) in [5.41, 5.74) is 3.95. The Kier molecular flexibility index (Phi) is 6.33. The summed E-state index contributed by atoms with van der Waals surface area (Å²) < 4.78 is 8.06. The minimum atomic E-state index is -0.504. The molecule has 0 aliphatic heterocycles. The van der Waals surface area contributed by atoms with Gasteiger partial charge in [-0.25, -0.2) is 0 Å². The average Bonchev–Trinajstić information content (AvgIpc) is 3.50. The molecule has 29 heavy (non-hydrogen) atoms. The molecular formula is C25H30N2O2. The summed E-state index contributed by atoms with van der Waals surface area (Å²) in [6.45, 7) is 4.85. The predicted molar refractivity (Wildman–Crippen MR) is 116 cm³/mol. The molecule has 2 aromatic carbocycles. The van der Waals surface area contributed by atoms with Gasteiger partial charge in [0, 0.05) is 37.6 Å². The van der Waals surface area contributed by atoms with E-state index < -0.39 is 6.10 Å². The minimum Gasteiger partial charge on any atom is -0.491 e. The molecule has 0 amide bonds. The van der Waals surface area contributed by atoms with E-state index >= 15 is 0 Å². The van der Waals surface area contributed by atoms with Gasteiger partial charge in [0.25, 0.3) is 0 Å². The fourth-order valence-electron chi connectivity index (χ4n) is 3.74. The van der Waals surface area contributed by atoms with E-state index in [4.69, 9.17) is 4.74 Å². The van der Waals surface area contributed by atoms with Crippen molar-refractivity contribution < 1.29 is 9.84 Å². The molecule has 1 fully saturated rings. The highest BCUT2D eigenvalue weighted by molar-refractivity contribution is 5.26. The molecule has 0 bridgehead atoms. The van der Waals surface area contributed by atoms with Gasteiger partial charge in [-0.2, -0.15) is 0 Å². The molecule has 3 aromatic rings. The molecule has 0 saturated heterocycles. The highest BCUT2D eigenvalue weighted by Gasteiger charge is 2.31. The number of aliphatic hydroxyl groups excluding tert-OH is 1. The molecule has 1 heterocycles. The number of ether oxygens (including phenoxy) is 1. The van der Waals surface area contributed by atoms with Gasteiger partial charge in [-0.1, -0.05) is 42.5 Å². The number of para-hydroxylation sites is 1. The largest absolute Gasteiger partial charge is 0.491 e. The first-order valence-electron chi connectivity index (χ1n) is 10.5. The van der Waals surface area contributed by atoms with Crippen molar-refractivity contribution in [3.63, 3.8) is 0 Å². The van der Waals surface area contributed by atoms with Gasteiger partial charge in [0.1, 0.15) is 18.5 Å². The molecule has 1 aliphatic rings. The Morgan fingerprint density at radius 2 is 1.79 bits per heavy atom. The molecule has 1 atom stereocenters. The van der Waals surface area contributed by atoms with Gasteiger partial charge < -0.3 is 14.4 Å². The lowest BCUT2D eigenvalue weighted by molar-refractivity contribution is 0.0618. The smallest absolute Gasteiger partial charge is 0.119 e. The topological polar surface area (TPSA) is 37.6 Å². The molecule has 4 heteroatoms. The van der Waals surface area contributed by atoms with Crippen LogP contribution >= 0.6 is 0 Å². The first-order chi connectivity index (χ1) is 14.2. The second kappa shape index (κ2) is 9.29. The van der Waals surface area contributed by atoms with E-state index in [-0.39, 0.29) is 0 Å². The van der Waals surface area contributed by atoms with Crippen LogP contribution in [-0.4, -0.2) is 39.9 Å². The van der Waals surface area contributed by atoms with Gasteiger partial charge in [-0.05, 0) is 55.2 Å². The van der Waals surface area contributed by atoms with Crippen LogP contribution < -0.4 is 4.74 Å². The molecule has 1 saturated carbocycles. The quantitative estimate of drug-likeness (QED) is 0.562. The predicted octanol–water partition coefficient (Wildman–Crippen LogP) is 4.25. The lowest BCUT2D eigenvalue weighted by Gasteiger charge is -2.26. The standard InChI is InChI=1S/C25H30N2O2/c1-20-8-5-6-9-21(20)16-26-15-7-10-23(26)17-27(22-13-14-22)18-24(28)19-29-25-11-3-2-4-12-25/h2-12,15,22,24,28H,13-14,16-19H2,1H3/t24-/m1/s1. The van der Waals surface area contributed by atoms with E-state index in [0.717, 1.165) is 18.8 Å². The zero-order valence-electron chi connectivity index (χ0n) is 17.1. The number of aryl methyl sites for hydroxylation is 1. The van der Waals surface area contributed by atoms with Gasteiger partial charge in [0.05, 0.1) is 0 Å². The van der Waals surface area contributed by atoms with Gasteiger partial charge >= 0.3 is 0 Å². The van der Waals surface area contributed by atoms with Crippen molar-refractivity contribution in [2.24, 2.45) is 0 Å². The van der Waals surface area contributed by atoms with Crippen molar-refractivity contribution in [2.45, 2.75) is 45.0 Å². The highest BCUT2D eigenvalue weighted by Crippen LogP contribution is 2.29. The zero-order chi connectivity index (χ0) is 20.1. The van der Waals surface area contributed by atoms with Crippen molar-refractivity contribution in [1.29, 1.82) is 0 Å². The highest BCUT2D eigenvalue weighted by atomic mass is 16.5. The number of hydrogen-bond acceptors (Lipinski definition) is 3. The Morgan fingerprint density at radius 1 is 1.03 bits per heavy atom. The van der Waals surface area contributed by atoms with Crippen LogP contribution in [0.4, 0.5) is 0 Å². The molecule has 0 radical (unpaired) electrons. The summed E-state index contributed by atoms with van der Waals surface area (Å²) in [4.78, 5) is 2.41. The number of benzene rings is 2. The summed E-state index contributed by atoms with van der Waals surface area (Å²) in [7, 11) is 0. The Hall–Kier alpha value is -2.56. The molecule has 1 aromatic heterocycles. The monoisotopic (exact) mass is 390 g/mol. The Labute approximate surface area is 173 Å². The lowest BCUT2D eigenvalue weighted by atomic mass is 10.1. The normalized spacial score (nSPS) is 14.9. The van der Waals surface area contributed by atoms with Gasteiger partial charge in [0.2, 0.25) is 0 Å². The summed E-state index contributed by atoms with van der Waals surface area (Å²) in [5.74, 6) is 0.802. The second-order valence-electron chi connectivity index (χ2n) is 7.99. The van der Waals surface area contributed by atoms with Crippen molar-refractivity contribution in [2.75, 3.05) is 13.2 Å². The van der Waals surface area contributed by atoms with E-state index in [9.17, 15) is 5.11 Å². The van der Waals surface area contributed by atoms with Crippen molar-refractivity contribution in [3.05, 3.63) is 89.7 Å². The third kappa shape index (κ3) is 5.49. The maximum atomic E-state index is 10.6. The van der Waals surface area contributed by atoms with E-state index in [0.29, 0.717) is 19.2 Å². The van der Waals surface area contributed by atoms with Crippen LogP contribution in [0.2, 0.25) is 0 Å². The summed E-state index contributed by atoms with van der Waals surface area (Å²) >= 11 is 0. The van der Waals surface area contributed by atoms with Crippen LogP contribution in [-0.2, 0) is 13.1 Å². The zero-order valence-corrected chi connectivity index (χ0v) is 17.1. The van der Waals surface area contributed by atoms with Crippen LogP contribution in [0.25, 0.3) is 0 Å². The first-order valence-corrected chi connectivity index (χ1v) is 10.5. The van der Waals surface area contributed by atoms with Crippen molar-refractivity contribution in [1.82, 2.24) is 9.47 Å². The Morgan fingerprint density at radius 3 is 2.55 bits per heavy atom. The Bertz CT molecular complexity index is 902.